The Morgan fingerprint density at radius 1 is 0.744 bits per heavy atom. The number of benzene rings is 2. The monoisotopic (exact) mass is 546 g/mol. The van der Waals surface area contributed by atoms with Gasteiger partial charge in [-0.25, -0.2) is 9.98 Å². The Morgan fingerprint density at radius 2 is 1.23 bits per heavy atom. The maximum Gasteiger partial charge on any atom is 0.120 e. The molecule has 0 bridgehead atoms. The number of hydrogen-bond donors (Lipinski definition) is 1. The van der Waals surface area contributed by atoms with Gasteiger partial charge in [0.25, 0.3) is 0 Å². The fraction of sp³-hybridized carbons (Fsp3) is 0.588. The highest BCUT2D eigenvalue weighted by Crippen LogP contribution is 2.56. The Bertz CT molecular complexity index is 982. The fourth-order valence-corrected chi connectivity index (χ4v) is 9.21. The van der Waals surface area contributed by atoms with Gasteiger partial charge in [-0.05, 0) is 83.7 Å². The molecule has 4 nitrogen and oxygen atoms in total. The Labute approximate surface area is 239 Å². The first-order chi connectivity index (χ1) is 19.0. The van der Waals surface area contributed by atoms with E-state index in [9.17, 15) is 0 Å². The van der Waals surface area contributed by atoms with Crippen molar-refractivity contribution in [3.05, 3.63) is 71.8 Å². The smallest absolute Gasteiger partial charge is 0.120 e. The van der Waals surface area contributed by atoms with Gasteiger partial charge in [-0.15, -0.1) is 0 Å². The third-order valence-electron chi connectivity index (χ3n) is 7.34. The molecule has 2 aliphatic carbocycles. The average molecular weight is 547 g/mol. The molecule has 0 amide bonds. The Morgan fingerprint density at radius 3 is 1.69 bits per heavy atom. The normalized spacial score (nSPS) is 16.9. The summed E-state index contributed by atoms with van der Waals surface area (Å²) in [6.07, 6.45) is 14.4. The lowest BCUT2D eigenvalue weighted by Gasteiger charge is -2.39. The van der Waals surface area contributed by atoms with Crippen molar-refractivity contribution in [1.82, 2.24) is 5.32 Å². The van der Waals surface area contributed by atoms with Crippen LogP contribution in [0.4, 0.5) is 0 Å². The minimum absolute atomic E-state index is 0.150. The van der Waals surface area contributed by atoms with E-state index in [0.29, 0.717) is 12.6 Å². The molecule has 1 N–H and O–H groups in total. The van der Waals surface area contributed by atoms with Crippen molar-refractivity contribution in [3.8, 4) is 0 Å². The van der Waals surface area contributed by atoms with E-state index >= 15 is 0 Å². The van der Waals surface area contributed by atoms with E-state index in [4.69, 9.17) is 4.99 Å². The van der Waals surface area contributed by atoms with Gasteiger partial charge in [0, 0.05) is 6.04 Å². The van der Waals surface area contributed by atoms with Gasteiger partial charge >= 0.3 is 0 Å². The number of nitrogens with one attached hydrogen (secondary N) is 1. The van der Waals surface area contributed by atoms with Crippen molar-refractivity contribution in [2.45, 2.75) is 128 Å². The number of hydrogen-bond acceptors (Lipinski definition) is 3. The van der Waals surface area contributed by atoms with E-state index < -0.39 is 0 Å². The maximum atomic E-state index is 5.22. The molecule has 2 fully saturated rings. The van der Waals surface area contributed by atoms with Crippen molar-refractivity contribution in [1.29, 1.82) is 0 Å². The highest BCUT2D eigenvalue weighted by molar-refractivity contribution is 7.76. The van der Waals surface area contributed by atoms with E-state index in [1.807, 2.05) is 44.2 Å². The third kappa shape index (κ3) is 12.2. The van der Waals surface area contributed by atoms with Crippen LogP contribution in [-0.2, 0) is 13.1 Å². The molecular weight excluding hydrogens is 495 g/mol. The molecule has 39 heavy (non-hydrogen) atoms. The summed E-state index contributed by atoms with van der Waals surface area (Å²) in [5, 5.41) is 3.82. The van der Waals surface area contributed by atoms with E-state index in [1.165, 1.54) is 80.9 Å². The SMILES string of the molecule is CC(C)N=C=NCc1ccccc1.CC(C)NC(=NCc1ccccc1)P(C1CCCCC1)C1CCCCC1. The zero-order valence-electron chi connectivity index (χ0n) is 24.9. The lowest BCUT2D eigenvalue weighted by molar-refractivity contribution is 0.487. The summed E-state index contributed by atoms with van der Waals surface area (Å²) in [7, 11) is -0.150. The predicted octanol–water partition coefficient (Wildman–Crippen LogP) is 9.46. The Balaban J connectivity index is 0.000000272. The molecule has 5 heteroatoms. The number of nitrogens with zero attached hydrogens (tertiary/aromatic N) is 3. The third-order valence-corrected chi connectivity index (χ3v) is 10.7. The zero-order chi connectivity index (χ0) is 27.7. The molecule has 2 aromatic carbocycles. The van der Waals surface area contributed by atoms with Crippen molar-refractivity contribution >= 4 is 19.5 Å². The summed E-state index contributed by atoms with van der Waals surface area (Å²) in [4.78, 5) is 13.3. The summed E-state index contributed by atoms with van der Waals surface area (Å²) in [5.41, 5.74) is 5.72. The molecule has 2 aromatic rings. The molecular formula is C34H51N4P. The molecule has 0 heterocycles. The molecule has 2 aliphatic rings. The largest absolute Gasteiger partial charge is 0.368 e. The zero-order valence-corrected chi connectivity index (χ0v) is 25.8. The van der Waals surface area contributed by atoms with Gasteiger partial charge in [-0.3, -0.25) is 4.99 Å². The second kappa shape index (κ2) is 18.1. The van der Waals surface area contributed by atoms with Crippen molar-refractivity contribution in [3.63, 3.8) is 0 Å². The summed E-state index contributed by atoms with van der Waals surface area (Å²) < 4.78 is 0. The lowest BCUT2D eigenvalue weighted by atomic mass is 9.99. The van der Waals surface area contributed by atoms with Crippen molar-refractivity contribution < 1.29 is 0 Å². The summed E-state index contributed by atoms with van der Waals surface area (Å²) in [5.74, 6) is 0. The van der Waals surface area contributed by atoms with Crippen molar-refractivity contribution in [2.24, 2.45) is 15.0 Å². The first kappa shape index (κ1) is 31.3. The highest BCUT2D eigenvalue weighted by Gasteiger charge is 2.34. The van der Waals surface area contributed by atoms with Gasteiger partial charge in [0.15, 0.2) is 0 Å². The van der Waals surface area contributed by atoms with Crippen LogP contribution >= 0.6 is 7.92 Å². The van der Waals surface area contributed by atoms with Crippen LogP contribution in [0.5, 0.6) is 0 Å². The molecule has 4 rings (SSSR count). The quantitative estimate of drug-likeness (QED) is 0.190. The molecule has 0 aliphatic heterocycles. The summed E-state index contributed by atoms with van der Waals surface area (Å²) in [6.45, 7) is 10.0. The van der Waals surface area contributed by atoms with Crippen LogP contribution < -0.4 is 5.32 Å². The van der Waals surface area contributed by atoms with Crippen LogP contribution in [0.3, 0.4) is 0 Å². The minimum atomic E-state index is -0.150. The topological polar surface area (TPSA) is 49.1 Å². The van der Waals surface area contributed by atoms with E-state index in [-0.39, 0.29) is 14.0 Å². The molecule has 0 spiro atoms. The second-order valence-corrected chi connectivity index (χ2v) is 14.2. The molecule has 2 saturated carbocycles. The second-order valence-electron chi connectivity index (χ2n) is 11.5. The number of rotatable bonds is 9. The average Bonchev–Trinajstić information content (AvgIpc) is 2.96. The van der Waals surface area contributed by atoms with Gasteiger partial charge < -0.3 is 5.32 Å². The van der Waals surface area contributed by atoms with Crippen LogP contribution in [-0.4, -0.2) is 35.0 Å². The maximum absolute atomic E-state index is 5.22. The highest BCUT2D eigenvalue weighted by atomic mass is 31.1. The van der Waals surface area contributed by atoms with Gasteiger partial charge in [0.2, 0.25) is 0 Å². The van der Waals surface area contributed by atoms with Crippen molar-refractivity contribution in [2.75, 3.05) is 0 Å². The van der Waals surface area contributed by atoms with Gasteiger partial charge in [0.1, 0.15) is 5.58 Å². The van der Waals surface area contributed by atoms with Crippen LogP contribution in [0, 0.1) is 0 Å². The number of amidine groups is 1. The molecule has 0 unspecified atom stereocenters. The first-order valence-electron chi connectivity index (χ1n) is 15.3. The predicted molar refractivity (Wildman–Crippen MR) is 172 cm³/mol. The molecule has 0 aromatic heterocycles. The van der Waals surface area contributed by atoms with Crippen LogP contribution in [0.15, 0.2) is 75.6 Å². The van der Waals surface area contributed by atoms with Gasteiger partial charge in [0.05, 0.1) is 25.1 Å². The molecule has 212 valence electrons. The first-order valence-corrected chi connectivity index (χ1v) is 16.8. The summed E-state index contributed by atoms with van der Waals surface area (Å²) in [6, 6.07) is 24.3. The number of aliphatic imine (C=N–C) groups is 3. The van der Waals surface area contributed by atoms with Crippen LogP contribution in [0.2, 0.25) is 0 Å². The fourth-order valence-electron chi connectivity index (χ4n) is 5.44. The molecule has 0 radical (unpaired) electrons. The van der Waals surface area contributed by atoms with E-state index in [1.54, 1.807) is 0 Å². The molecule has 0 saturated heterocycles. The Kier molecular flexibility index (Phi) is 14.5. The van der Waals surface area contributed by atoms with Crippen LogP contribution in [0.1, 0.15) is 103 Å². The van der Waals surface area contributed by atoms with E-state index in [2.05, 4.69) is 65.5 Å². The van der Waals surface area contributed by atoms with E-state index in [0.717, 1.165) is 17.9 Å². The molecule has 0 atom stereocenters. The standard InChI is InChI=1S/C23H37N2P.C11H14N2/c1-19(2)25-23(24-18-20-12-6-3-7-13-20)26(21-14-8-4-9-15-21)22-16-10-5-11-17-22;1-10(2)13-9-12-8-11-6-4-3-5-7-11/h3,6-7,12-13,19,21-22H,4-5,8-11,14-18H2,1-2H3,(H,24,25);3-7,10H,8H2,1-2H3. The van der Waals surface area contributed by atoms with Gasteiger partial charge in [-0.1, -0.05) is 99.2 Å². The van der Waals surface area contributed by atoms with Gasteiger partial charge in [-0.2, -0.15) is 0 Å². The van der Waals surface area contributed by atoms with Crippen LogP contribution in [0.25, 0.3) is 0 Å². The Hall–Kier alpha value is -2.28. The summed E-state index contributed by atoms with van der Waals surface area (Å²) >= 11 is 0. The lowest BCUT2D eigenvalue weighted by Crippen LogP contribution is -2.35. The minimum Gasteiger partial charge on any atom is -0.368 e.